The van der Waals surface area contributed by atoms with Crippen LogP contribution in [0.2, 0.25) is 0 Å². The maximum atomic E-state index is 12.2. The van der Waals surface area contributed by atoms with E-state index in [-0.39, 0.29) is 0 Å². The quantitative estimate of drug-likeness (QED) is 0.811. The maximum Gasteiger partial charge on any atom is 0.241 e. The van der Waals surface area contributed by atoms with Crippen LogP contribution >= 0.6 is 15.9 Å². The summed E-state index contributed by atoms with van der Waals surface area (Å²) in [6.45, 7) is 2.40. The first-order chi connectivity index (χ1) is 9.49. The number of halogens is 1. The van der Waals surface area contributed by atoms with Gasteiger partial charge in [0.2, 0.25) is 10.0 Å². The molecule has 0 bridgehead atoms. The van der Waals surface area contributed by atoms with Crippen LogP contribution < -0.4 is 4.72 Å². The minimum atomic E-state index is -3.43. The van der Waals surface area contributed by atoms with Gasteiger partial charge in [-0.2, -0.15) is 0 Å². The van der Waals surface area contributed by atoms with Crippen molar-refractivity contribution in [3.8, 4) is 0 Å². The van der Waals surface area contributed by atoms with Gasteiger partial charge in [0.1, 0.15) is 0 Å². The lowest BCUT2D eigenvalue weighted by Gasteiger charge is -2.13. The molecule has 0 amide bonds. The molecular formula is C15H20BrNO2S. The Kier molecular flexibility index (Phi) is 5.41. The summed E-state index contributed by atoms with van der Waals surface area (Å²) in [5.41, 5.74) is 2.41. The molecule has 0 saturated heterocycles. The average Bonchev–Trinajstić information content (AvgIpc) is 2.39. The minimum absolute atomic E-state index is 0.306. The molecule has 2 rings (SSSR count). The van der Waals surface area contributed by atoms with E-state index in [9.17, 15) is 8.42 Å². The third kappa shape index (κ3) is 4.17. The Bertz CT molecular complexity index is 608. The minimum Gasteiger partial charge on any atom is -0.211 e. The fourth-order valence-corrected chi connectivity index (χ4v) is 4.60. The van der Waals surface area contributed by atoms with Gasteiger partial charge in [-0.3, -0.25) is 0 Å². The zero-order valence-corrected chi connectivity index (χ0v) is 14.1. The molecule has 3 nitrogen and oxygen atoms in total. The molecule has 1 aliphatic carbocycles. The van der Waals surface area contributed by atoms with Gasteiger partial charge >= 0.3 is 0 Å². The van der Waals surface area contributed by atoms with Crippen LogP contribution in [0.3, 0.4) is 0 Å². The smallest absolute Gasteiger partial charge is 0.211 e. The summed E-state index contributed by atoms with van der Waals surface area (Å²) < 4.78 is 27.8. The van der Waals surface area contributed by atoms with Crippen molar-refractivity contribution in [1.82, 2.24) is 4.72 Å². The van der Waals surface area contributed by atoms with Gasteiger partial charge in [0.15, 0.2) is 0 Å². The van der Waals surface area contributed by atoms with E-state index in [1.807, 2.05) is 19.1 Å². The van der Waals surface area contributed by atoms with Crippen molar-refractivity contribution in [3.63, 3.8) is 0 Å². The highest BCUT2D eigenvalue weighted by molar-refractivity contribution is 9.10. The topological polar surface area (TPSA) is 46.2 Å². The molecule has 5 heteroatoms. The van der Waals surface area contributed by atoms with Crippen molar-refractivity contribution in [2.75, 3.05) is 6.54 Å². The second-order valence-corrected chi connectivity index (χ2v) is 7.78. The Hall–Kier alpha value is -0.650. The number of hydrogen-bond donors (Lipinski definition) is 1. The van der Waals surface area contributed by atoms with Crippen LogP contribution in [0, 0.1) is 6.92 Å². The van der Waals surface area contributed by atoms with E-state index < -0.39 is 10.0 Å². The molecule has 1 aliphatic rings. The fraction of sp³-hybridized carbons (Fsp3) is 0.467. The summed E-state index contributed by atoms with van der Waals surface area (Å²) >= 11 is 3.32. The van der Waals surface area contributed by atoms with E-state index in [0.29, 0.717) is 15.9 Å². The molecule has 0 fully saturated rings. The van der Waals surface area contributed by atoms with Gasteiger partial charge in [-0.1, -0.05) is 17.7 Å². The summed E-state index contributed by atoms with van der Waals surface area (Å²) in [5.74, 6) is 0. The van der Waals surface area contributed by atoms with E-state index in [0.717, 1.165) is 24.8 Å². The van der Waals surface area contributed by atoms with Crippen molar-refractivity contribution in [2.24, 2.45) is 0 Å². The molecule has 0 radical (unpaired) electrons. The Morgan fingerprint density at radius 1 is 1.30 bits per heavy atom. The van der Waals surface area contributed by atoms with Crippen molar-refractivity contribution < 1.29 is 8.42 Å². The SMILES string of the molecule is Cc1ccc(S(=O)(=O)NCCC2=CCCCC2)c(Br)c1. The second kappa shape index (κ2) is 6.87. The number of hydrogen-bond acceptors (Lipinski definition) is 2. The summed E-state index contributed by atoms with van der Waals surface area (Å²) in [6.07, 6.45) is 7.78. The van der Waals surface area contributed by atoms with Crippen LogP contribution in [0.5, 0.6) is 0 Å². The number of nitrogens with one attached hydrogen (secondary N) is 1. The molecule has 0 unspecified atom stereocenters. The maximum absolute atomic E-state index is 12.2. The van der Waals surface area contributed by atoms with Crippen molar-refractivity contribution >= 4 is 26.0 Å². The molecule has 20 heavy (non-hydrogen) atoms. The van der Waals surface area contributed by atoms with Crippen LogP contribution in [-0.2, 0) is 10.0 Å². The average molecular weight is 358 g/mol. The molecule has 110 valence electrons. The molecule has 1 aromatic rings. The molecule has 1 aromatic carbocycles. The van der Waals surface area contributed by atoms with Gasteiger partial charge in [-0.15, -0.1) is 0 Å². The fourth-order valence-electron chi connectivity index (χ4n) is 2.38. The van der Waals surface area contributed by atoms with Crippen molar-refractivity contribution in [1.29, 1.82) is 0 Å². The summed E-state index contributed by atoms with van der Waals surface area (Å²) in [4.78, 5) is 0.306. The number of benzene rings is 1. The van der Waals surface area contributed by atoms with Gasteiger partial charge in [-0.25, -0.2) is 13.1 Å². The van der Waals surface area contributed by atoms with Gasteiger partial charge in [0, 0.05) is 11.0 Å². The number of rotatable bonds is 5. The van der Waals surface area contributed by atoms with Gasteiger partial charge in [0.05, 0.1) is 4.90 Å². The Morgan fingerprint density at radius 3 is 2.75 bits per heavy atom. The summed E-state index contributed by atoms with van der Waals surface area (Å²) in [6, 6.07) is 5.27. The highest BCUT2D eigenvalue weighted by atomic mass is 79.9. The van der Waals surface area contributed by atoms with E-state index in [1.165, 1.54) is 18.4 Å². The van der Waals surface area contributed by atoms with Crippen molar-refractivity contribution in [2.45, 2.75) is 43.9 Å². The summed E-state index contributed by atoms with van der Waals surface area (Å²) in [7, 11) is -3.43. The Balaban J connectivity index is 1.98. The highest BCUT2D eigenvalue weighted by Gasteiger charge is 2.17. The van der Waals surface area contributed by atoms with Crippen LogP contribution in [0.1, 0.15) is 37.7 Å². The van der Waals surface area contributed by atoms with Gasteiger partial charge in [-0.05, 0) is 72.7 Å². The van der Waals surface area contributed by atoms with E-state index >= 15 is 0 Å². The zero-order valence-electron chi connectivity index (χ0n) is 11.7. The number of sulfonamides is 1. The molecule has 0 atom stereocenters. The highest BCUT2D eigenvalue weighted by Crippen LogP contribution is 2.23. The van der Waals surface area contributed by atoms with Crippen LogP contribution in [0.25, 0.3) is 0 Å². The molecule has 1 N–H and O–H groups in total. The zero-order chi connectivity index (χ0) is 14.6. The first-order valence-corrected chi connectivity index (χ1v) is 9.20. The number of aryl methyl sites for hydroxylation is 1. The van der Waals surface area contributed by atoms with E-state index in [4.69, 9.17) is 0 Å². The van der Waals surface area contributed by atoms with E-state index in [2.05, 4.69) is 26.7 Å². The third-order valence-electron chi connectivity index (χ3n) is 3.50. The predicted octanol–water partition coefficient (Wildman–Crippen LogP) is 3.93. The van der Waals surface area contributed by atoms with Crippen molar-refractivity contribution in [3.05, 3.63) is 39.9 Å². The molecule has 0 heterocycles. The Morgan fingerprint density at radius 2 is 2.10 bits per heavy atom. The molecule has 0 aliphatic heterocycles. The number of allylic oxidation sites excluding steroid dienone is 1. The summed E-state index contributed by atoms with van der Waals surface area (Å²) in [5, 5.41) is 0. The predicted molar refractivity (Wildman–Crippen MR) is 85.2 cm³/mol. The lowest BCUT2D eigenvalue weighted by Crippen LogP contribution is -2.25. The van der Waals surface area contributed by atoms with Crippen LogP contribution in [0.4, 0.5) is 0 Å². The molecular weight excluding hydrogens is 338 g/mol. The molecule has 0 saturated carbocycles. The van der Waals surface area contributed by atoms with Gasteiger partial charge in [0.25, 0.3) is 0 Å². The first kappa shape index (κ1) is 15.7. The first-order valence-electron chi connectivity index (χ1n) is 6.93. The van der Waals surface area contributed by atoms with Crippen LogP contribution in [0.15, 0.2) is 39.2 Å². The van der Waals surface area contributed by atoms with Crippen LogP contribution in [-0.4, -0.2) is 15.0 Å². The normalized spacial score (nSPS) is 16.0. The second-order valence-electron chi connectivity index (χ2n) is 5.19. The lowest BCUT2D eigenvalue weighted by atomic mass is 9.97. The lowest BCUT2D eigenvalue weighted by molar-refractivity contribution is 0.579. The van der Waals surface area contributed by atoms with Gasteiger partial charge < -0.3 is 0 Å². The van der Waals surface area contributed by atoms with E-state index in [1.54, 1.807) is 6.07 Å². The largest absolute Gasteiger partial charge is 0.241 e. The third-order valence-corrected chi connectivity index (χ3v) is 5.94. The molecule has 0 spiro atoms. The molecule has 0 aromatic heterocycles. The Labute approximate surface area is 129 Å². The standard InChI is InChI=1S/C15H20BrNO2S/c1-12-7-8-15(14(16)11-12)20(18,19)17-10-9-13-5-3-2-4-6-13/h5,7-8,11,17H,2-4,6,9-10H2,1H3. The monoisotopic (exact) mass is 357 g/mol.